The Morgan fingerprint density at radius 3 is 3.00 bits per heavy atom. The average Bonchev–Trinajstić information content (AvgIpc) is 2.17. The van der Waals surface area contributed by atoms with Gasteiger partial charge in [0.2, 0.25) is 0 Å². The summed E-state index contributed by atoms with van der Waals surface area (Å²) < 4.78 is 4.51. The average molecular weight is 191 g/mol. The fraction of sp³-hybridized carbons (Fsp3) is 0.300. The Labute approximate surface area is 84.9 Å². The van der Waals surface area contributed by atoms with Gasteiger partial charge in [0.1, 0.15) is 7.85 Å². The molecule has 0 saturated carbocycles. The van der Waals surface area contributed by atoms with E-state index in [0.717, 1.165) is 0 Å². The lowest BCUT2D eigenvalue weighted by Gasteiger charge is -2.04. The molecule has 0 atom stereocenters. The summed E-state index contributed by atoms with van der Waals surface area (Å²) >= 11 is 0. The van der Waals surface area contributed by atoms with Crippen LogP contribution >= 0.6 is 0 Å². The second-order valence-corrected chi connectivity index (χ2v) is 3.17. The van der Waals surface area contributed by atoms with Crippen molar-refractivity contribution >= 4 is 19.3 Å². The first kappa shape index (κ1) is 10.8. The van der Waals surface area contributed by atoms with Crippen molar-refractivity contribution in [1.82, 2.24) is 5.32 Å². The van der Waals surface area contributed by atoms with Crippen LogP contribution in [0.5, 0.6) is 0 Å². The van der Waals surface area contributed by atoms with Gasteiger partial charge in [0.05, 0.1) is 13.7 Å². The van der Waals surface area contributed by atoms with Crippen molar-refractivity contribution < 1.29 is 9.53 Å². The number of esters is 1. The van der Waals surface area contributed by atoms with Crippen LogP contribution in [0.25, 0.3) is 0 Å². The molecule has 74 valence electrons. The molecule has 0 aliphatic carbocycles. The summed E-state index contributed by atoms with van der Waals surface area (Å²) in [5.74, 6) is -0.238. The van der Waals surface area contributed by atoms with Crippen LogP contribution in [0.2, 0.25) is 0 Å². The van der Waals surface area contributed by atoms with Crippen LogP contribution < -0.4 is 10.8 Å². The van der Waals surface area contributed by atoms with Crippen molar-refractivity contribution in [3.63, 3.8) is 0 Å². The molecule has 0 heterocycles. The zero-order valence-corrected chi connectivity index (χ0v) is 8.54. The van der Waals surface area contributed by atoms with E-state index in [1.807, 2.05) is 26.0 Å². The van der Waals surface area contributed by atoms with Gasteiger partial charge < -0.3 is 10.1 Å². The number of rotatable bonds is 4. The summed E-state index contributed by atoms with van der Waals surface area (Å²) in [5.41, 5.74) is 2.40. The predicted molar refractivity (Wildman–Crippen MR) is 58.3 cm³/mol. The summed E-state index contributed by atoms with van der Waals surface area (Å²) in [6.07, 6.45) is 0. The molecule has 1 aromatic carbocycles. The second kappa shape index (κ2) is 5.45. The minimum atomic E-state index is -0.238. The Bertz CT molecular complexity index is 315. The molecule has 1 rings (SSSR count). The minimum absolute atomic E-state index is 0.238. The topological polar surface area (TPSA) is 38.3 Å². The maximum atomic E-state index is 10.8. The van der Waals surface area contributed by atoms with E-state index < -0.39 is 0 Å². The van der Waals surface area contributed by atoms with Gasteiger partial charge in [-0.15, -0.1) is 0 Å². The van der Waals surface area contributed by atoms with E-state index in [1.54, 1.807) is 0 Å². The Kier molecular flexibility index (Phi) is 4.20. The summed E-state index contributed by atoms with van der Waals surface area (Å²) in [7, 11) is 3.43. The third kappa shape index (κ3) is 3.62. The number of nitrogens with one attached hydrogen (secondary N) is 1. The van der Waals surface area contributed by atoms with E-state index in [0.29, 0.717) is 6.54 Å². The number of carbonyl (C=O) groups is 1. The lowest BCUT2D eigenvalue weighted by atomic mass is 9.94. The zero-order chi connectivity index (χ0) is 10.4. The van der Waals surface area contributed by atoms with Crippen LogP contribution in [0, 0.1) is 0 Å². The largest absolute Gasteiger partial charge is 0.468 e. The third-order valence-corrected chi connectivity index (χ3v) is 1.91. The van der Waals surface area contributed by atoms with Gasteiger partial charge in [-0.3, -0.25) is 4.79 Å². The number of hydrogen-bond donors (Lipinski definition) is 1. The molecule has 3 nitrogen and oxygen atoms in total. The van der Waals surface area contributed by atoms with Crippen molar-refractivity contribution in [3.05, 3.63) is 29.8 Å². The SMILES string of the molecule is Bc1cccc(CNCC(=O)OC)c1. The molecule has 0 bridgehead atoms. The summed E-state index contributed by atoms with van der Waals surface area (Å²) in [6, 6.07) is 8.16. The smallest absolute Gasteiger partial charge is 0.319 e. The molecule has 0 aliphatic heterocycles. The summed E-state index contributed by atoms with van der Waals surface area (Å²) in [5, 5.41) is 3.01. The molecule has 1 aromatic rings. The number of benzene rings is 1. The van der Waals surface area contributed by atoms with Crippen molar-refractivity contribution in [2.45, 2.75) is 6.54 Å². The fourth-order valence-electron chi connectivity index (χ4n) is 1.20. The van der Waals surface area contributed by atoms with Gasteiger partial charge in [0, 0.05) is 6.54 Å². The molecule has 0 spiro atoms. The van der Waals surface area contributed by atoms with Gasteiger partial charge in [-0.25, -0.2) is 0 Å². The highest BCUT2D eigenvalue weighted by molar-refractivity contribution is 6.32. The van der Waals surface area contributed by atoms with Gasteiger partial charge >= 0.3 is 5.97 Å². The lowest BCUT2D eigenvalue weighted by Crippen LogP contribution is -2.23. The molecule has 0 amide bonds. The lowest BCUT2D eigenvalue weighted by molar-refractivity contribution is -0.139. The van der Waals surface area contributed by atoms with Crippen LogP contribution in [0.3, 0.4) is 0 Å². The first-order valence-electron chi connectivity index (χ1n) is 4.55. The monoisotopic (exact) mass is 191 g/mol. The molecule has 1 N–H and O–H groups in total. The highest BCUT2D eigenvalue weighted by atomic mass is 16.5. The predicted octanol–water partition coefficient (Wildman–Crippen LogP) is -0.792. The van der Waals surface area contributed by atoms with Gasteiger partial charge in [-0.05, 0) is 5.56 Å². The Hall–Kier alpha value is -1.29. The number of ether oxygens (including phenoxy) is 1. The van der Waals surface area contributed by atoms with Crippen molar-refractivity contribution in [2.75, 3.05) is 13.7 Å². The Morgan fingerprint density at radius 2 is 2.36 bits per heavy atom. The highest BCUT2D eigenvalue weighted by Crippen LogP contribution is 1.94. The third-order valence-electron chi connectivity index (χ3n) is 1.91. The standard InChI is InChI=1S/C10H14BNO2/c1-14-10(13)7-12-6-8-3-2-4-9(11)5-8/h2-5,12H,6-7,11H2,1H3. The van der Waals surface area contributed by atoms with Crippen molar-refractivity contribution in [1.29, 1.82) is 0 Å². The second-order valence-electron chi connectivity index (χ2n) is 3.17. The molecule has 0 saturated heterocycles. The van der Waals surface area contributed by atoms with Gasteiger partial charge in [-0.1, -0.05) is 29.7 Å². The molecule has 0 aromatic heterocycles. The minimum Gasteiger partial charge on any atom is -0.468 e. The van der Waals surface area contributed by atoms with E-state index in [2.05, 4.69) is 16.1 Å². The van der Waals surface area contributed by atoms with Crippen LogP contribution in [0.1, 0.15) is 5.56 Å². The molecular weight excluding hydrogens is 177 g/mol. The number of carbonyl (C=O) groups excluding carboxylic acids is 1. The van der Waals surface area contributed by atoms with E-state index in [1.165, 1.54) is 18.1 Å². The van der Waals surface area contributed by atoms with Gasteiger partial charge in [0.15, 0.2) is 0 Å². The van der Waals surface area contributed by atoms with Crippen LogP contribution in [-0.4, -0.2) is 27.5 Å². The first-order valence-corrected chi connectivity index (χ1v) is 4.55. The van der Waals surface area contributed by atoms with E-state index >= 15 is 0 Å². The van der Waals surface area contributed by atoms with Crippen LogP contribution in [0.4, 0.5) is 0 Å². The summed E-state index contributed by atoms with van der Waals surface area (Å²) in [4.78, 5) is 10.8. The highest BCUT2D eigenvalue weighted by Gasteiger charge is 1.98. The molecular formula is C10H14BNO2. The molecule has 0 fully saturated rings. The van der Waals surface area contributed by atoms with Crippen molar-refractivity contribution in [3.8, 4) is 0 Å². The maximum absolute atomic E-state index is 10.8. The quantitative estimate of drug-likeness (QED) is 0.500. The fourth-order valence-corrected chi connectivity index (χ4v) is 1.20. The normalized spacial score (nSPS) is 9.79. The van der Waals surface area contributed by atoms with Crippen LogP contribution in [0.15, 0.2) is 24.3 Å². The zero-order valence-electron chi connectivity index (χ0n) is 8.54. The maximum Gasteiger partial charge on any atom is 0.319 e. The van der Waals surface area contributed by atoms with E-state index in [9.17, 15) is 4.79 Å². The van der Waals surface area contributed by atoms with E-state index in [4.69, 9.17) is 0 Å². The molecule has 4 heteroatoms. The van der Waals surface area contributed by atoms with E-state index in [-0.39, 0.29) is 12.5 Å². The van der Waals surface area contributed by atoms with Gasteiger partial charge in [-0.2, -0.15) is 0 Å². The molecule has 14 heavy (non-hydrogen) atoms. The van der Waals surface area contributed by atoms with Crippen molar-refractivity contribution in [2.24, 2.45) is 0 Å². The van der Waals surface area contributed by atoms with Crippen LogP contribution in [-0.2, 0) is 16.1 Å². The first-order chi connectivity index (χ1) is 6.72. The number of methoxy groups -OCH3 is 1. The summed E-state index contributed by atoms with van der Waals surface area (Å²) in [6.45, 7) is 0.946. The molecule has 0 radical (unpaired) electrons. The molecule has 0 unspecified atom stereocenters. The Morgan fingerprint density at radius 1 is 1.57 bits per heavy atom. The van der Waals surface area contributed by atoms with Gasteiger partial charge in [0.25, 0.3) is 0 Å². The Balaban J connectivity index is 2.35. The number of hydrogen-bond acceptors (Lipinski definition) is 3. The molecule has 0 aliphatic rings.